The molecule has 0 aliphatic rings. The average molecular weight is 317 g/mol. The summed E-state index contributed by atoms with van der Waals surface area (Å²) in [6.07, 6.45) is -1.16. The molecule has 0 spiro atoms. The second kappa shape index (κ2) is 5.87. The van der Waals surface area contributed by atoms with Gasteiger partial charge in [-0.05, 0) is 36.8 Å². The maximum absolute atomic E-state index is 12.8. The Hall–Kier alpha value is -2.63. The number of halogens is 3. The van der Waals surface area contributed by atoms with E-state index in [-0.39, 0.29) is 0 Å². The monoisotopic (exact) mass is 317 g/mol. The second-order valence-corrected chi connectivity index (χ2v) is 5.21. The van der Waals surface area contributed by atoms with Crippen LogP contribution in [0.5, 0.6) is 0 Å². The first kappa shape index (κ1) is 15.3. The Morgan fingerprint density at radius 3 is 2.61 bits per heavy atom. The van der Waals surface area contributed by atoms with Crippen molar-refractivity contribution in [3.8, 4) is 0 Å². The number of anilines is 1. The first-order chi connectivity index (χ1) is 10.9. The zero-order chi connectivity index (χ0) is 16.4. The number of hydrogen-bond acceptors (Lipinski definition) is 3. The molecule has 0 amide bonds. The molecule has 0 fully saturated rings. The van der Waals surface area contributed by atoms with Gasteiger partial charge in [0.1, 0.15) is 0 Å². The maximum atomic E-state index is 12.8. The number of benzene rings is 1. The van der Waals surface area contributed by atoms with Crippen LogP contribution < -0.4 is 5.32 Å². The van der Waals surface area contributed by atoms with Crippen LogP contribution in [0.2, 0.25) is 0 Å². The van der Waals surface area contributed by atoms with Crippen LogP contribution in [0.4, 0.5) is 18.9 Å². The molecular weight excluding hydrogens is 303 g/mol. The van der Waals surface area contributed by atoms with Gasteiger partial charge in [0.25, 0.3) is 0 Å². The number of alkyl halides is 3. The van der Waals surface area contributed by atoms with Crippen LogP contribution in [0.15, 0.2) is 48.8 Å². The molecule has 0 bridgehead atoms. The lowest BCUT2D eigenvalue weighted by atomic mass is 10.1. The smallest absolute Gasteiger partial charge is 0.379 e. The summed E-state index contributed by atoms with van der Waals surface area (Å²) in [4.78, 5) is 8.33. The molecule has 0 saturated carbocycles. The molecule has 0 atom stereocenters. The van der Waals surface area contributed by atoms with Crippen LogP contribution in [0, 0.1) is 6.92 Å². The average Bonchev–Trinajstić information content (AvgIpc) is 2.52. The van der Waals surface area contributed by atoms with Crippen molar-refractivity contribution >= 4 is 16.6 Å². The van der Waals surface area contributed by atoms with Crippen molar-refractivity contribution in [2.24, 2.45) is 0 Å². The lowest BCUT2D eigenvalue weighted by Crippen LogP contribution is -2.06. The van der Waals surface area contributed by atoms with Gasteiger partial charge in [0, 0.05) is 23.5 Å². The van der Waals surface area contributed by atoms with Gasteiger partial charge in [0.15, 0.2) is 0 Å². The summed E-state index contributed by atoms with van der Waals surface area (Å²) in [5.74, 6) is 0. The van der Waals surface area contributed by atoms with E-state index in [9.17, 15) is 13.2 Å². The molecule has 0 saturated heterocycles. The molecule has 0 aliphatic carbocycles. The number of nitrogens with one attached hydrogen (secondary N) is 1. The third kappa shape index (κ3) is 3.26. The van der Waals surface area contributed by atoms with Crippen molar-refractivity contribution in [2.75, 3.05) is 5.32 Å². The highest BCUT2D eigenvalue weighted by atomic mass is 19.4. The van der Waals surface area contributed by atoms with Gasteiger partial charge in [-0.1, -0.05) is 12.1 Å². The first-order valence-electron chi connectivity index (χ1n) is 7.05. The summed E-state index contributed by atoms with van der Waals surface area (Å²) in [6.45, 7) is 2.46. The minimum Gasteiger partial charge on any atom is -0.379 e. The molecule has 1 aromatic carbocycles. The molecule has 1 N–H and O–H groups in total. The van der Waals surface area contributed by atoms with E-state index < -0.39 is 11.7 Å². The Bertz CT molecular complexity index is 844. The van der Waals surface area contributed by atoms with E-state index in [2.05, 4.69) is 15.3 Å². The van der Waals surface area contributed by atoms with Gasteiger partial charge >= 0.3 is 6.18 Å². The Morgan fingerprint density at radius 1 is 1.04 bits per heavy atom. The predicted octanol–water partition coefficient (Wildman–Crippen LogP) is 4.57. The summed E-state index contributed by atoms with van der Waals surface area (Å²) in [6, 6.07) is 9.14. The lowest BCUT2D eigenvalue weighted by molar-refractivity contribution is -0.137. The summed E-state index contributed by atoms with van der Waals surface area (Å²) in [7, 11) is 0. The molecule has 2 heterocycles. The summed E-state index contributed by atoms with van der Waals surface area (Å²) in [5.41, 5.74) is 2.29. The van der Waals surface area contributed by atoms with E-state index >= 15 is 0 Å². The maximum Gasteiger partial charge on any atom is 0.416 e. The fraction of sp³-hybridized carbons (Fsp3) is 0.176. The van der Waals surface area contributed by atoms with E-state index in [0.29, 0.717) is 17.4 Å². The normalized spacial score (nSPS) is 11.7. The molecule has 3 aromatic rings. The minimum atomic E-state index is -4.37. The fourth-order valence-corrected chi connectivity index (χ4v) is 2.36. The van der Waals surface area contributed by atoms with Crippen LogP contribution in [0.3, 0.4) is 0 Å². The number of pyridine rings is 2. The van der Waals surface area contributed by atoms with Gasteiger partial charge in [-0.25, -0.2) is 0 Å². The lowest BCUT2D eigenvalue weighted by Gasteiger charge is -2.12. The van der Waals surface area contributed by atoms with E-state index in [1.807, 2.05) is 19.1 Å². The minimum absolute atomic E-state index is 0.308. The molecule has 118 valence electrons. The number of aryl methyl sites for hydroxylation is 1. The topological polar surface area (TPSA) is 37.8 Å². The second-order valence-electron chi connectivity index (χ2n) is 5.21. The Kier molecular flexibility index (Phi) is 3.90. The Balaban J connectivity index is 1.91. The van der Waals surface area contributed by atoms with Crippen molar-refractivity contribution < 1.29 is 13.2 Å². The van der Waals surface area contributed by atoms with Crippen LogP contribution in [0.1, 0.15) is 16.8 Å². The highest BCUT2D eigenvalue weighted by Gasteiger charge is 2.30. The molecule has 0 unspecified atom stereocenters. The SMILES string of the molecule is Cc1cccnc1CNc1ccnc2cc(C(F)(F)F)ccc12. The zero-order valence-corrected chi connectivity index (χ0v) is 12.4. The Morgan fingerprint density at radius 2 is 1.87 bits per heavy atom. The number of aromatic nitrogens is 2. The fourth-order valence-electron chi connectivity index (χ4n) is 2.36. The summed E-state index contributed by atoms with van der Waals surface area (Å²) >= 11 is 0. The number of fused-ring (bicyclic) bond motifs is 1. The van der Waals surface area contributed by atoms with Crippen LogP contribution in [0.25, 0.3) is 10.9 Å². The van der Waals surface area contributed by atoms with Crippen molar-refractivity contribution in [2.45, 2.75) is 19.6 Å². The quantitative estimate of drug-likeness (QED) is 0.769. The Labute approximate surface area is 131 Å². The molecule has 23 heavy (non-hydrogen) atoms. The third-order valence-corrected chi connectivity index (χ3v) is 3.63. The van der Waals surface area contributed by atoms with Gasteiger partial charge in [-0.15, -0.1) is 0 Å². The van der Waals surface area contributed by atoms with E-state index in [4.69, 9.17) is 0 Å². The van der Waals surface area contributed by atoms with Crippen molar-refractivity contribution in [1.82, 2.24) is 9.97 Å². The molecule has 6 heteroatoms. The standard InChI is InChI=1S/C17H14F3N3/c1-11-3-2-7-21-16(11)10-23-14-6-8-22-15-9-12(17(18,19)20)4-5-13(14)15/h2-9H,10H2,1H3,(H,22,23). The molecule has 3 nitrogen and oxygen atoms in total. The van der Waals surface area contributed by atoms with Gasteiger partial charge in [-0.3, -0.25) is 9.97 Å². The molecule has 0 radical (unpaired) electrons. The van der Waals surface area contributed by atoms with Crippen LogP contribution in [-0.4, -0.2) is 9.97 Å². The summed E-state index contributed by atoms with van der Waals surface area (Å²) in [5, 5.41) is 3.87. The highest BCUT2D eigenvalue weighted by molar-refractivity contribution is 5.91. The zero-order valence-electron chi connectivity index (χ0n) is 12.4. The molecule has 2 aromatic heterocycles. The van der Waals surface area contributed by atoms with Gasteiger partial charge in [-0.2, -0.15) is 13.2 Å². The summed E-state index contributed by atoms with van der Waals surface area (Å²) < 4.78 is 38.3. The van der Waals surface area contributed by atoms with Crippen LogP contribution >= 0.6 is 0 Å². The van der Waals surface area contributed by atoms with E-state index in [1.54, 1.807) is 12.3 Å². The van der Waals surface area contributed by atoms with E-state index in [0.717, 1.165) is 29.1 Å². The van der Waals surface area contributed by atoms with Gasteiger partial charge in [0.2, 0.25) is 0 Å². The predicted molar refractivity (Wildman–Crippen MR) is 83.0 cm³/mol. The molecule has 0 aliphatic heterocycles. The largest absolute Gasteiger partial charge is 0.416 e. The third-order valence-electron chi connectivity index (χ3n) is 3.63. The highest BCUT2D eigenvalue weighted by Crippen LogP contribution is 2.32. The van der Waals surface area contributed by atoms with Crippen molar-refractivity contribution in [3.63, 3.8) is 0 Å². The number of nitrogens with zero attached hydrogens (tertiary/aromatic N) is 2. The number of rotatable bonds is 3. The number of hydrogen-bond donors (Lipinski definition) is 1. The van der Waals surface area contributed by atoms with Crippen LogP contribution in [-0.2, 0) is 12.7 Å². The van der Waals surface area contributed by atoms with E-state index in [1.165, 1.54) is 12.3 Å². The molecular formula is C17H14F3N3. The van der Waals surface area contributed by atoms with Crippen molar-refractivity contribution in [1.29, 1.82) is 0 Å². The van der Waals surface area contributed by atoms with Crippen molar-refractivity contribution in [3.05, 3.63) is 65.6 Å². The van der Waals surface area contributed by atoms with Gasteiger partial charge < -0.3 is 5.32 Å². The van der Waals surface area contributed by atoms with Gasteiger partial charge in [0.05, 0.1) is 23.3 Å². The first-order valence-corrected chi connectivity index (χ1v) is 7.05. The molecule has 3 rings (SSSR count).